The summed E-state index contributed by atoms with van der Waals surface area (Å²) in [4.78, 5) is 23.3. The third-order valence-electron chi connectivity index (χ3n) is 6.97. The molecule has 1 aliphatic rings. The Morgan fingerprint density at radius 1 is 1.07 bits per heavy atom. The van der Waals surface area contributed by atoms with E-state index in [1.165, 1.54) is 18.3 Å². The Labute approximate surface area is 253 Å². The molecule has 0 aliphatic carbocycles. The van der Waals surface area contributed by atoms with Crippen molar-refractivity contribution >= 4 is 51.8 Å². The highest BCUT2D eigenvalue weighted by molar-refractivity contribution is 6.35. The van der Waals surface area contributed by atoms with Crippen molar-refractivity contribution in [1.29, 1.82) is 0 Å². The molecule has 0 aromatic heterocycles. The van der Waals surface area contributed by atoms with E-state index in [-0.39, 0.29) is 18.9 Å². The minimum Gasteiger partial charge on any atom is -0.391 e. The minimum atomic E-state index is -4.95. The van der Waals surface area contributed by atoms with Crippen molar-refractivity contribution < 1.29 is 32.0 Å². The lowest BCUT2D eigenvalue weighted by molar-refractivity contribution is -0.275. The van der Waals surface area contributed by atoms with Crippen LogP contribution in [0.25, 0.3) is 10.8 Å². The number of alkyl halides is 3. The molecule has 1 aliphatic heterocycles. The first kappa shape index (κ1) is 30.3. The Kier molecular flexibility index (Phi) is 8.62. The maximum absolute atomic E-state index is 14.5. The molecular formula is C31H23Cl2F4N3O3. The first-order chi connectivity index (χ1) is 20.5. The van der Waals surface area contributed by atoms with Crippen LogP contribution < -0.4 is 5.32 Å². The molecule has 6 nitrogen and oxygen atoms in total. The van der Waals surface area contributed by atoms with Gasteiger partial charge in [-0.3, -0.25) is 4.79 Å². The summed E-state index contributed by atoms with van der Waals surface area (Å²) in [6.07, 6.45) is -4.27. The Bertz CT molecular complexity index is 1720. The molecule has 222 valence electrons. The molecule has 0 saturated carbocycles. The standard InChI is InChI=1S/C31H23Cl2F4N3O3/c1-18-6-8-19(9-7-18)17-42-39-13-12-38-29(41)24-11-10-23(21-4-2-3-5-22(21)24)27-16-30(43-40-27,31(35,36)37)20-14-25(32)28(34)26(33)15-20/h2-11,13-15H,12,16-17H2,1H3,(H,38,41). The minimum absolute atomic E-state index is 0.0186. The van der Waals surface area contributed by atoms with Gasteiger partial charge in [0.25, 0.3) is 11.5 Å². The number of aryl methyl sites for hydroxylation is 1. The molecule has 0 bridgehead atoms. The number of oxime groups is 2. The molecule has 0 radical (unpaired) electrons. The molecule has 1 N–H and O–H groups in total. The number of nitrogens with one attached hydrogen (secondary N) is 1. The topological polar surface area (TPSA) is 72.3 Å². The van der Waals surface area contributed by atoms with Gasteiger partial charge in [0.2, 0.25) is 0 Å². The molecule has 1 atom stereocenters. The largest absolute Gasteiger partial charge is 0.435 e. The molecule has 0 spiro atoms. The second kappa shape index (κ2) is 12.2. The van der Waals surface area contributed by atoms with Gasteiger partial charge in [-0.1, -0.05) is 93.7 Å². The molecule has 1 amide bonds. The molecule has 4 aromatic carbocycles. The normalized spacial score (nSPS) is 16.8. The van der Waals surface area contributed by atoms with Gasteiger partial charge in [0.15, 0.2) is 5.82 Å². The number of carbonyl (C=O) groups excluding carboxylic acids is 1. The van der Waals surface area contributed by atoms with Crippen LogP contribution >= 0.6 is 23.2 Å². The van der Waals surface area contributed by atoms with Crippen LogP contribution in [0.2, 0.25) is 10.0 Å². The van der Waals surface area contributed by atoms with E-state index < -0.39 is 45.5 Å². The molecule has 0 saturated heterocycles. The number of halogens is 6. The second-order valence-electron chi connectivity index (χ2n) is 9.85. The summed E-state index contributed by atoms with van der Waals surface area (Å²) in [5.74, 6) is -1.46. The van der Waals surface area contributed by atoms with Crippen LogP contribution in [0.1, 0.15) is 39.0 Å². The van der Waals surface area contributed by atoms with E-state index in [4.69, 9.17) is 32.9 Å². The quantitative estimate of drug-likeness (QED) is 0.0924. The molecule has 4 aromatic rings. The van der Waals surface area contributed by atoms with Crippen LogP contribution in [0.3, 0.4) is 0 Å². The zero-order valence-electron chi connectivity index (χ0n) is 22.5. The van der Waals surface area contributed by atoms with Crippen molar-refractivity contribution in [3.63, 3.8) is 0 Å². The summed E-state index contributed by atoms with van der Waals surface area (Å²) in [6.45, 7) is 2.35. The van der Waals surface area contributed by atoms with Crippen LogP contribution in [0.15, 0.2) is 83.1 Å². The number of nitrogens with zero attached hydrogens (tertiary/aromatic N) is 2. The van der Waals surface area contributed by atoms with Gasteiger partial charge < -0.3 is 15.0 Å². The Hall–Kier alpha value is -4.15. The molecule has 12 heteroatoms. The maximum atomic E-state index is 14.5. The molecular weight excluding hydrogens is 609 g/mol. The van der Waals surface area contributed by atoms with Gasteiger partial charge in [0.1, 0.15) is 6.61 Å². The van der Waals surface area contributed by atoms with Crippen LogP contribution in [-0.2, 0) is 21.9 Å². The number of carbonyl (C=O) groups is 1. The zero-order chi connectivity index (χ0) is 30.8. The SMILES string of the molecule is Cc1ccc(CON=CCNC(=O)c2ccc(C3=NOC(c4cc(Cl)c(F)c(Cl)c4)(C(F)(F)F)C3)c3ccccc23)cc1. The summed E-state index contributed by atoms with van der Waals surface area (Å²) in [5.41, 5.74) is -0.726. The van der Waals surface area contributed by atoms with Crippen molar-refractivity contribution in [1.82, 2.24) is 5.32 Å². The van der Waals surface area contributed by atoms with Gasteiger partial charge in [0.05, 0.1) is 28.5 Å². The van der Waals surface area contributed by atoms with Crippen LogP contribution in [0.4, 0.5) is 17.6 Å². The Morgan fingerprint density at radius 3 is 2.42 bits per heavy atom. The maximum Gasteiger partial charge on any atom is 0.435 e. The fraction of sp³-hybridized carbons (Fsp3) is 0.194. The van der Waals surface area contributed by atoms with Gasteiger partial charge in [-0.2, -0.15) is 13.2 Å². The van der Waals surface area contributed by atoms with Crippen molar-refractivity contribution in [2.24, 2.45) is 10.3 Å². The second-order valence-corrected chi connectivity index (χ2v) is 10.7. The fourth-order valence-electron chi connectivity index (χ4n) is 4.71. The lowest BCUT2D eigenvalue weighted by atomic mass is 9.85. The van der Waals surface area contributed by atoms with E-state index in [2.05, 4.69) is 15.6 Å². The van der Waals surface area contributed by atoms with Crippen LogP contribution in [0.5, 0.6) is 0 Å². The summed E-state index contributed by atoms with van der Waals surface area (Å²) < 4.78 is 57.4. The lowest BCUT2D eigenvalue weighted by Gasteiger charge is -2.29. The van der Waals surface area contributed by atoms with Gasteiger partial charge in [0, 0.05) is 23.1 Å². The highest BCUT2D eigenvalue weighted by Crippen LogP contribution is 2.50. The lowest BCUT2D eigenvalue weighted by Crippen LogP contribution is -2.42. The summed E-state index contributed by atoms with van der Waals surface area (Å²) in [7, 11) is 0. The highest BCUT2D eigenvalue weighted by atomic mass is 35.5. The summed E-state index contributed by atoms with van der Waals surface area (Å²) in [5, 5.41) is 10.2. The van der Waals surface area contributed by atoms with Gasteiger partial charge in [-0.05, 0) is 41.5 Å². The number of benzene rings is 4. The van der Waals surface area contributed by atoms with Gasteiger partial charge >= 0.3 is 6.18 Å². The predicted octanol–water partition coefficient (Wildman–Crippen LogP) is 8.11. The van der Waals surface area contributed by atoms with E-state index in [0.29, 0.717) is 21.9 Å². The molecule has 1 unspecified atom stereocenters. The zero-order valence-corrected chi connectivity index (χ0v) is 24.0. The smallest absolute Gasteiger partial charge is 0.391 e. The van der Waals surface area contributed by atoms with E-state index >= 15 is 0 Å². The molecule has 5 rings (SSSR count). The van der Waals surface area contributed by atoms with Crippen LogP contribution in [-0.4, -0.2) is 30.6 Å². The molecule has 0 fully saturated rings. The van der Waals surface area contributed by atoms with E-state index in [1.54, 1.807) is 24.3 Å². The van der Waals surface area contributed by atoms with E-state index in [0.717, 1.165) is 23.3 Å². The predicted molar refractivity (Wildman–Crippen MR) is 157 cm³/mol. The van der Waals surface area contributed by atoms with Crippen molar-refractivity contribution in [3.8, 4) is 0 Å². The number of amides is 1. The monoisotopic (exact) mass is 631 g/mol. The third-order valence-corrected chi connectivity index (χ3v) is 7.52. The Morgan fingerprint density at radius 2 is 1.74 bits per heavy atom. The number of hydrogen-bond acceptors (Lipinski definition) is 5. The number of hydrogen-bond donors (Lipinski definition) is 1. The highest BCUT2D eigenvalue weighted by Gasteiger charge is 2.62. The average molecular weight is 632 g/mol. The molecule has 1 heterocycles. The summed E-state index contributed by atoms with van der Waals surface area (Å²) >= 11 is 11.6. The van der Waals surface area contributed by atoms with E-state index in [9.17, 15) is 22.4 Å². The third kappa shape index (κ3) is 6.16. The van der Waals surface area contributed by atoms with Crippen molar-refractivity contribution in [3.05, 3.63) is 116 Å². The number of rotatable bonds is 8. The Balaban J connectivity index is 1.33. The van der Waals surface area contributed by atoms with Crippen LogP contribution in [0, 0.1) is 12.7 Å². The average Bonchev–Trinajstić information content (AvgIpc) is 3.45. The first-order valence-electron chi connectivity index (χ1n) is 13.0. The van der Waals surface area contributed by atoms with Crippen molar-refractivity contribution in [2.75, 3.05) is 6.54 Å². The first-order valence-corrected chi connectivity index (χ1v) is 13.7. The van der Waals surface area contributed by atoms with E-state index in [1.807, 2.05) is 31.2 Å². The molecule has 43 heavy (non-hydrogen) atoms. The number of fused-ring (bicyclic) bond motifs is 1. The fourth-order valence-corrected chi connectivity index (χ4v) is 5.19. The van der Waals surface area contributed by atoms with Gasteiger partial charge in [-0.15, -0.1) is 0 Å². The van der Waals surface area contributed by atoms with Crippen molar-refractivity contribution in [2.45, 2.75) is 31.7 Å². The summed E-state index contributed by atoms with van der Waals surface area (Å²) in [6, 6.07) is 19.2. The van der Waals surface area contributed by atoms with Gasteiger partial charge in [-0.25, -0.2) is 4.39 Å².